The van der Waals surface area contributed by atoms with Crippen molar-refractivity contribution in [3.05, 3.63) is 29.3 Å². The number of thiol groups is 1. The first-order chi connectivity index (χ1) is 6.56. The van der Waals surface area contributed by atoms with Crippen LogP contribution in [-0.4, -0.2) is 5.78 Å². The average molecular weight is 216 g/mol. The monoisotopic (exact) mass is 216 g/mol. The second-order valence-electron chi connectivity index (χ2n) is 2.85. The second kappa shape index (κ2) is 4.55. The maximum atomic E-state index is 12.3. The molecule has 0 amide bonds. The predicted molar refractivity (Wildman–Crippen MR) is 53.3 cm³/mol. The molecule has 0 saturated carbocycles. The zero-order chi connectivity index (χ0) is 10.7. The van der Waals surface area contributed by atoms with Gasteiger partial charge in [0.2, 0.25) is 0 Å². The Kier molecular flexibility index (Phi) is 3.63. The summed E-state index contributed by atoms with van der Waals surface area (Å²) < 4.78 is 24.6. The van der Waals surface area contributed by atoms with E-state index in [0.717, 1.165) is 0 Å². The second-order valence-corrected chi connectivity index (χ2v) is 3.33. The van der Waals surface area contributed by atoms with Gasteiger partial charge in [-0.25, -0.2) is 8.78 Å². The molecule has 0 aliphatic rings. The van der Waals surface area contributed by atoms with Gasteiger partial charge in [0, 0.05) is 22.4 Å². The molecule has 1 nitrogen and oxygen atoms in total. The number of ketones is 1. The first kappa shape index (κ1) is 11.2. The highest BCUT2D eigenvalue weighted by atomic mass is 32.1. The largest absolute Gasteiger partial charge is 0.294 e. The first-order valence-electron chi connectivity index (χ1n) is 4.20. The van der Waals surface area contributed by atoms with Crippen LogP contribution in [-0.2, 0) is 0 Å². The Hall–Kier alpha value is -0.900. The van der Waals surface area contributed by atoms with Crippen LogP contribution in [0, 0.1) is 0 Å². The normalized spacial score (nSPS) is 10.6. The molecule has 0 aromatic heterocycles. The molecule has 0 aliphatic carbocycles. The van der Waals surface area contributed by atoms with Crippen LogP contribution < -0.4 is 0 Å². The molecule has 0 aliphatic heterocycles. The van der Waals surface area contributed by atoms with E-state index in [4.69, 9.17) is 0 Å². The zero-order valence-corrected chi connectivity index (χ0v) is 8.52. The number of hydrogen-bond donors (Lipinski definition) is 1. The van der Waals surface area contributed by atoms with Gasteiger partial charge in [-0.15, -0.1) is 12.6 Å². The molecule has 4 heteroatoms. The molecule has 0 spiro atoms. The summed E-state index contributed by atoms with van der Waals surface area (Å²) in [6.07, 6.45) is -2.19. The lowest BCUT2D eigenvalue weighted by Gasteiger charge is -2.05. The van der Waals surface area contributed by atoms with E-state index in [2.05, 4.69) is 12.6 Å². The quantitative estimate of drug-likeness (QED) is 0.604. The van der Waals surface area contributed by atoms with Crippen LogP contribution in [0.15, 0.2) is 23.1 Å². The minimum atomic E-state index is -2.55. The number of carbonyl (C=O) groups is 1. The van der Waals surface area contributed by atoms with Gasteiger partial charge in [-0.1, -0.05) is 19.1 Å². The van der Waals surface area contributed by atoms with Gasteiger partial charge in [-0.2, -0.15) is 0 Å². The Morgan fingerprint density at radius 1 is 1.50 bits per heavy atom. The van der Waals surface area contributed by atoms with E-state index in [1.807, 2.05) is 0 Å². The number of halogens is 2. The Morgan fingerprint density at radius 3 is 2.57 bits per heavy atom. The van der Waals surface area contributed by atoms with Gasteiger partial charge in [0.25, 0.3) is 6.43 Å². The summed E-state index contributed by atoms with van der Waals surface area (Å²) in [5, 5.41) is 0. The van der Waals surface area contributed by atoms with Crippen LogP contribution in [0.5, 0.6) is 0 Å². The molecule has 0 N–H and O–H groups in total. The van der Waals surface area contributed by atoms with Crippen LogP contribution in [0.2, 0.25) is 0 Å². The van der Waals surface area contributed by atoms with Gasteiger partial charge in [-0.05, 0) is 6.07 Å². The van der Waals surface area contributed by atoms with Gasteiger partial charge in [-0.3, -0.25) is 4.79 Å². The van der Waals surface area contributed by atoms with Gasteiger partial charge in [0.15, 0.2) is 5.78 Å². The first-order valence-corrected chi connectivity index (χ1v) is 4.65. The summed E-state index contributed by atoms with van der Waals surface area (Å²) in [7, 11) is 0. The van der Waals surface area contributed by atoms with Crippen molar-refractivity contribution in [3.63, 3.8) is 0 Å². The maximum absolute atomic E-state index is 12.3. The van der Waals surface area contributed by atoms with Crippen molar-refractivity contribution in [3.8, 4) is 0 Å². The highest BCUT2D eigenvalue weighted by molar-refractivity contribution is 7.80. The van der Waals surface area contributed by atoms with Crippen LogP contribution >= 0.6 is 12.6 Å². The average Bonchev–Trinajstić information content (AvgIpc) is 2.15. The summed E-state index contributed by atoms with van der Waals surface area (Å²) in [5.74, 6) is -0.0684. The van der Waals surface area contributed by atoms with E-state index in [0.29, 0.717) is 12.0 Å². The third-order valence-corrected chi connectivity index (χ3v) is 2.30. The number of benzene rings is 1. The fourth-order valence-corrected chi connectivity index (χ4v) is 1.42. The highest BCUT2D eigenvalue weighted by Crippen LogP contribution is 2.26. The number of carbonyl (C=O) groups excluding carboxylic acids is 1. The van der Waals surface area contributed by atoms with Gasteiger partial charge in [0.05, 0.1) is 0 Å². The molecule has 14 heavy (non-hydrogen) atoms. The smallest absolute Gasteiger partial charge is 0.264 e. The summed E-state index contributed by atoms with van der Waals surface area (Å²) in [4.78, 5) is 11.4. The van der Waals surface area contributed by atoms with E-state index in [-0.39, 0.29) is 16.2 Å². The molecule has 0 radical (unpaired) electrons. The van der Waals surface area contributed by atoms with E-state index in [9.17, 15) is 13.6 Å². The molecule has 1 rings (SSSR count). The fraction of sp³-hybridized carbons (Fsp3) is 0.300. The molecule has 0 bridgehead atoms. The third kappa shape index (κ3) is 2.32. The standard InChI is InChI=1S/C10H10F2OS/c1-2-8(13)6-3-4-7(10(11)12)9(14)5-6/h3-5,10,14H,2H2,1H3. The highest BCUT2D eigenvalue weighted by Gasteiger charge is 2.12. The number of alkyl halides is 2. The van der Waals surface area contributed by atoms with Crippen LogP contribution in [0.25, 0.3) is 0 Å². The van der Waals surface area contributed by atoms with Crippen molar-refractivity contribution >= 4 is 18.4 Å². The molecule has 76 valence electrons. The van der Waals surface area contributed by atoms with Gasteiger partial charge in [0.1, 0.15) is 0 Å². The van der Waals surface area contributed by atoms with Crippen molar-refractivity contribution in [2.45, 2.75) is 24.7 Å². The number of rotatable bonds is 3. The van der Waals surface area contributed by atoms with Crippen LogP contribution in [0.4, 0.5) is 8.78 Å². The SMILES string of the molecule is CCC(=O)c1ccc(C(F)F)c(S)c1. The molecule has 0 unspecified atom stereocenters. The fourth-order valence-electron chi connectivity index (χ4n) is 1.11. The Morgan fingerprint density at radius 2 is 2.14 bits per heavy atom. The molecular weight excluding hydrogens is 206 g/mol. The molecule has 1 aromatic rings. The van der Waals surface area contributed by atoms with E-state index in [1.54, 1.807) is 6.92 Å². The lowest BCUT2D eigenvalue weighted by atomic mass is 10.1. The van der Waals surface area contributed by atoms with Crippen LogP contribution in [0.1, 0.15) is 35.7 Å². The number of hydrogen-bond acceptors (Lipinski definition) is 2. The predicted octanol–water partition coefficient (Wildman–Crippen LogP) is 3.51. The van der Waals surface area contributed by atoms with Gasteiger partial charge >= 0.3 is 0 Å². The van der Waals surface area contributed by atoms with Crippen molar-refractivity contribution in [2.24, 2.45) is 0 Å². The molecule has 0 saturated heterocycles. The molecule has 0 heterocycles. The third-order valence-electron chi connectivity index (χ3n) is 1.91. The van der Waals surface area contributed by atoms with E-state index < -0.39 is 6.43 Å². The zero-order valence-electron chi connectivity index (χ0n) is 7.63. The summed E-state index contributed by atoms with van der Waals surface area (Å²) in [5.41, 5.74) is 0.294. The lowest BCUT2D eigenvalue weighted by Crippen LogP contribution is -1.98. The van der Waals surface area contributed by atoms with Crippen molar-refractivity contribution in [1.29, 1.82) is 0 Å². The summed E-state index contributed by atoms with van der Waals surface area (Å²) in [6.45, 7) is 1.72. The maximum Gasteiger partial charge on any atom is 0.264 e. The van der Waals surface area contributed by atoms with Crippen LogP contribution in [0.3, 0.4) is 0 Å². The minimum absolute atomic E-state index is 0.0684. The van der Waals surface area contributed by atoms with Crippen molar-refractivity contribution < 1.29 is 13.6 Å². The molecule has 0 fully saturated rings. The molecule has 0 atom stereocenters. The van der Waals surface area contributed by atoms with E-state index >= 15 is 0 Å². The molecular formula is C10H10F2OS. The van der Waals surface area contributed by atoms with Crippen molar-refractivity contribution in [1.82, 2.24) is 0 Å². The molecule has 1 aromatic carbocycles. The minimum Gasteiger partial charge on any atom is -0.294 e. The summed E-state index contributed by atoms with van der Waals surface area (Å²) >= 11 is 3.91. The lowest BCUT2D eigenvalue weighted by molar-refractivity contribution is 0.0987. The number of Topliss-reactive ketones (excluding diaryl/α,β-unsaturated/α-hetero) is 1. The van der Waals surface area contributed by atoms with E-state index in [1.165, 1.54) is 18.2 Å². The summed E-state index contributed by atoms with van der Waals surface area (Å²) in [6, 6.07) is 4.04. The Labute approximate surface area is 86.5 Å². The Balaban J connectivity index is 3.06. The van der Waals surface area contributed by atoms with Gasteiger partial charge < -0.3 is 0 Å². The Bertz CT molecular complexity index is 350. The van der Waals surface area contributed by atoms with Crippen molar-refractivity contribution in [2.75, 3.05) is 0 Å². The topological polar surface area (TPSA) is 17.1 Å².